The van der Waals surface area contributed by atoms with Gasteiger partial charge in [0.1, 0.15) is 0 Å². The molecule has 138 valence electrons. The van der Waals surface area contributed by atoms with E-state index in [0.29, 0.717) is 0 Å². The Morgan fingerprint density at radius 3 is 0.957 bits per heavy atom. The van der Waals surface area contributed by atoms with Crippen molar-refractivity contribution in [1.29, 1.82) is 0 Å². The van der Waals surface area contributed by atoms with Crippen molar-refractivity contribution in [3.8, 4) is 0 Å². The van der Waals surface area contributed by atoms with Crippen molar-refractivity contribution in [2.24, 2.45) is 16.7 Å². The van der Waals surface area contributed by atoms with Gasteiger partial charge < -0.3 is 0 Å². The zero-order chi connectivity index (χ0) is 18.7. The van der Waals surface area contributed by atoms with Gasteiger partial charge in [-0.15, -0.1) is 0 Å². The first-order valence-corrected chi connectivity index (χ1v) is 6.13. The Morgan fingerprint density at radius 1 is 0.565 bits per heavy atom. The van der Waals surface area contributed by atoms with Crippen LogP contribution in [-0.2, 0) is 0 Å². The van der Waals surface area contributed by atoms with Crippen LogP contribution in [0, 0.1) is 16.7 Å². The molecule has 0 heterocycles. The lowest BCUT2D eigenvalue weighted by Crippen LogP contribution is -2.67. The molecule has 0 spiro atoms. The van der Waals surface area contributed by atoms with Crippen LogP contribution < -0.4 is 0 Å². The molecule has 1 aliphatic carbocycles. The second-order valence-electron chi connectivity index (χ2n) is 5.51. The smallest absolute Gasteiger partial charge is 0.170 e. The molecule has 0 amide bonds. The lowest BCUT2D eigenvalue weighted by Gasteiger charge is -2.54. The molecule has 1 rings (SSSR count). The molecule has 1 saturated carbocycles. The van der Waals surface area contributed by atoms with E-state index < -0.39 is 60.7 Å². The molecule has 12 heteroatoms. The van der Waals surface area contributed by atoms with Gasteiger partial charge in [0.25, 0.3) is 0 Å². The molecule has 0 bridgehead atoms. The van der Waals surface area contributed by atoms with Gasteiger partial charge in [0.15, 0.2) is 10.8 Å². The maximum Gasteiger partial charge on any atom is 0.403 e. The zero-order valence-electron chi connectivity index (χ0n) is 11.2. The maximum atomic E-state index is 13.0. The van der Waals surface area contributed by atoms with Crippen molar-refractivity contribution in [3.05, 3.63) is 0 Å². The third-order valence-corrected chi connectivity index (χ3v) is 4.64. The monoisotopic (exact) mass is 370 g/mol. The summed E-state index contributed by atoms with van der Waals surface area (Å²) in [6.07, 6.45) is -30.5. The predicted octanol–water partition coefficient (Wildman–Crippen LogP) is 6.03. The Hall–Kier alpha value is -0.840. The number of hydrogen-bond donors (Lipinski definition) is 0. The maximum absolute atomic E-state index is 13.0. The highest BCUT2D eigenvalue weighted by Crippen LogP contribution is 2.71. The highest BCUT2D eigenvalue weighted by atomic mass is 19.4. The minimum atomic E-state index is -6.31. The normalized spacial score (nSPS) is 23.9. The van der Waals surface area contributed by atoms with Gasteiger partial charge in [0.05, 0.1) is 0 Å². The Bertz CT molecular complexity index is 366. The zero-order valence-corrected chi connectivity index (χ0v) is 11.2. The Kier molecular flexibility index (Phi) is 4.46. The van der Waals surface area contributed by atoms with E-state index in [4.69, 9.17) is 0 Å². The Balaban J connectivity index is 3.76. The third kappa shape index (κ3) is 2.55. The van der Waals surface area contributed by atoms with Crippen LogP contribution in [0.15, 0.2) is 0 Å². The molecule has 1 fully saturated rings. The summed E-state index contributed by atoms with van der Waals surface area (Å²) in [6, 6.07) is 0. The van der Waals surface area contributed by atoms with Gasteiger partial charge in [0.2, 0.25) is 0 Å². The van der Waals surface area contributed by atoms with E-state index in [1.807, 2.05) is 0 Å². The second kappa shape index (κ2) is 5.08. The van der Waals surface area contributed by atoms with Crippen LogP contribution in [0.4, 0.5) is 52.7 Å². The fourth-order valence-electron chi connectivity index (χ4n) is 3.37. The topological polar surface area (TPSA) is 0 Å². The van der Waals surface area contributed by atoms with Gasteiger partial charge in [0, 0.05) is 5.92 Å². The molecular formula is C11H10F12. The molecular weight excluding hydrogens is 360 g/mol. The van der Waals surface area contributed by atoms with Crippen molar-refractivity contribution in [2.45, 2.75) is 50.9 Å². The predicted molar refractivity (Wildman–Crippen MR) is 52.1 cm³/mol. The highest BCUT2D eigenvalue weighted by Gasteiger charge is 2.84. The molecule has 0 N–H and O–H groups in total. The van der Waals surface area contributed by atoms with Gasteiger partial charge in [-0.25, -0.2) is 0 Å². The molecule has 0 nitrogen and oxygen atoms in total. The summed E-state index contributed by atoms with van der Waals surface area (Å²) in [5.74, 6) is -3.80. The van der Waals surface area contributed by atoms with Gasteiger partial charge in [-0.3, -0.25) is 0 Å². The molecule has 0 saturated heterocycles. The summed E-state index contributed by atoms with van der Waals surface area (Å²) in [4.78, 5) is 0. The minimum absolute atomic E-state index is 0.277. The minimum Gasteiger partial charge on any atom is -0.170 e. The van der Waals surface area contributed by atoms with E-state index in [9.17, 15) is 52.7 Å². The largest absolute Gasteiger partial charge is 0.403 e. The van der Waals surface area contributed by atoms with Crippen LogP contribution in [0.2, 0.25) is 0 Å². The summed E-state index contributed by atoms with van der Waals surface area (Å²) in [7, 11) is 0. The quantitative estimate of drug-likeness (QED) is 0.457. The van der Waals surface area contributed by atoms with Crippen molar-refractivity contribution in [1.82, 2.24) is 0 Å². The van der Waals surface area contributed by atoms with Crippen LogP contribution in [0.1, 0.15) is 26.2 Å². The molecule has 0 aromatic rings. The van der Waals surface area contributed by atoms with Crippen LogP contribution in [0.5, 0.6) is 0 Å². The highest BCUT2D eigenvalue weighted by molar-refractivity contribution is 5.11. The lowest BCUT2D eigenvalue weighted by atomic mass is 9.53. The summed E-state index contributed by atoms with van der Waals surface area (Å²) in [5.41, 5.74) is -10.2. The van der Waals surface area contributed by atoms with Crippen LogP contribution in [0.25, 0.3) is 0 Å². The molecule has 0 aliphatic heterocycles. The van der Waals surface area contributed by atoms with Crippen LogP contribution in [0.3, 0.4) is 0 Å². The van der Waals surface area contributed by atoms with Gasteiger partial charge in [-0.05, 0) is 12.8 Å². The van der Waals surface area contributed by atoms with Crippen LogP contribution >= 0.6 is 0 Å². The number of halogens is 12. The molecule has 0 unspecified atom stereocenters. The molecule has 0 radical (unpaired) electrons. The van der Waals surface area contributed by atoms with Crippen molar-refractivity contribution >= 4 is 0 Å². The van der Waals surface area contributed by atoms with E-state index >= 15 is 0 Å². The number of rotatable bonds is 0. The average Bonchev–Trinajstić information content (AvgIpc) is 2.21. The SMILES string of the molecule is CC1C(C(F)(F)F)(C(F)(F)F)CCCC1(C(F)(F)F)C(F)(F)F. The summed E-state index contributed by atoms with van der Waals surface area (Å²) in [6.45, 7) is -0.277. The third-order valence-electron chi connectivity index (χ3n) is 4.64. The first-order chi connectivity index (χ1) is 9.86. The Labute approximate surface area is 121 Å². The van der Waals surface area contributed by atoms with Crippen molar-refractivity contribution < 1.29 is 52.7 Å². The van der Waals surface area contributed by atoms with Gasteiger partial charge >= 0.3 is 24.7 Å². The van der Waals surface area contributed by atoms with Crippen molar-refractivity contribution in [2.75, 3.05) is 0 Å². The standard InChI is InChI=1S/C11H10F12/c1-5-6(8(12,13)14,9(15,16)17)3-2-4-7(5,10(18,19)20)11(21,22)23/h5H,2-4H2,1H3. The van der Waals surface area contributed by atoms with E-state index in [0.717, 1.165) is 0 Å². The van der Waals surface area contributed by atoms with E-state index in [1.165, 1.54) is 0 Å². The fraction of sp³-hybridized carbons (Fsp3) is 1.00. The van der Waals surface area contributed by atoms with Crippen molar-refractivity contribution in [3.63, 3.8) is 0 Å². The second-order valence-corrected chi connectivity index (χ2v) is 5.51. The van der Waals surface area contributed by atoms with E-state index in [1.54, 1.807) is 0 Å². The first kappa shape index (κ1) is 20.2. The molecule has 23 heavy (non-hydrogen) atoms. The number of hydrogen-bond acceptors (Lipinski definition) is 0. The van der Waals surface area contributed by atoms with Crippen LogP contribution in [-0.4, -0.2) is 24.7 Å². The Morgan fingerprint density at radius 2 is 0.783 bits per heavy atom. The number of alkyl halides is 12. The van der Waals surface area contributed by atoms with E-state index in [2.05, 4.69) is 0 Å². The van der Waals surface area contributed by atoms with Gasteiger partial charge in [-0.1, -0.05) is 13.3 Å². The summed E-state index contributed by atoms with van der Waals surface area (Å²) in [5, 5.41) is 0. The first-order valence-electron chi connectivity index (χ1n) is 6.13. The summed E-state index contributed by atoms with van der Waals surface area (Å²) < 4.78 is 156. The fourth-order valence-corrected chi connectivity index (χ4v) is 3.37. The molecule has 0 atom stereocenters. The summed E-state index contributed by atoms with van der Waals surface area (Å²) >= 11 is 0. The average molecular weight is 370 g/mol. The molecule has 0 aromatic heterocycles. The van der Waals surface area contributed by atoms with E-state index in [-0.39, 0.29) is 6.92 Å². The molecule has 0 aromatic carbocycles. The molecule has 1 aliphatic rings. The lowest BCUT2D eigenvalue weighted by molar-refractivity contribution is -0.433. The van der Waals surface area contributed by atoms with Gasteiger partial charge in [-0.2, -0.15) is 52.7 Å².